The zero-order valence-corrected chi connectivity index (χ0v) is 12.8. The number of carbonyl (C=O) groups is 1. The highest BCUT2D eigenvalue weighted by Gasteiger charge is 2.11. The van der Waals surface area contributed by atoms with Gasteiger partial charge in [0.15, 0.2) is 5.78 Å². The Bertz CT molecular complexity index is 824. The number of carbonyl (C=O) groups excluding carboxylic acids is 1. The molecule has 0 bridgehead atoms. The normalized spacial score (nSPS) is 10.3. The van der Waals surface area contributed by atoms with Crippen LogP contribution < -0.4 is 10.5 Å². The first-order valence-corrected chi connectivity index (χ1v) is 7.33. The average Bonchev–Trinajstić information content (AvgIpc) is 2.62. The number of benzene rings is 3. The average molecular weight is 303 g/mol. The third-order valence-corrected chi connectivity index (χ3v) is 3.75. The molecule has 0 aliphatic heterocycles. The molecule has 0 heterocycles. The fourth-order valence-electron chi connectivity index (χ4n) is 2.49. The van der Waals surface area contributed by atoms with E-state index in [0.29, 0.717) is 22.6 Å². The number of methoxy groups -OCH3 is 1. The summed E-state index contributed by atoms with van der Waals surface area (Å²) in [5.41, 5.74) is 9.72. The molecular weight excluding hydrogens is 286 g/mol. The summed E-state index contributed by atoms with van der Waals surface area (Å²) < 4.78 is 5.11. The Labute approximate surface area is 135 Å². The number of ketones is 1. The van der Waals surface area contributed by atoms with Crippen molar-refractivity contribution < 1.29 is 9.53 Å². The summed E-state index contributed by atoms with van der Waals surface area (Å²) in [5, 5.41) is 0. The molecule has 0 fully saturated rings. The molecule has 23 heavy (non-hydrogen) atoms. The quantitative estimate of drug-likeness (QED) is 0.581. The molecule has 0 atom stereocenters. The molecule has 0 radical (unpaired) electrons. The predicted molar refractivity (Wildman–Crippen MR) is 92.7 cm³/mol. The Morgan fingerprint density at radius 3 is 2.04 bits per heavy atom. The Morgan fingerprint density at radius 1 is 0.826 bits per heavy atom. The van der Waals surface area contributed by atoms with Crippen LogP contribution in [0.25, 0.3) is 11.1 Å². The van der Waals surface area contributed by atoms with E-state index in [1.54, 1.807) is 25.3 Å². The van der Waals surface area contributed by atoms with Gasteiger partial charge in [-0.1, -0.05) is 54.6 Å². The highest BCUT2D eigenvalue weighted by atomic mass is 16.5. The monoisotopic (exact) mass is 303 g/mol. The third kappa shape index (κ3) is 3.09. The van der Waals surface area contributed by atoms with Crippen molar-refractivity contribution in [3.05, 3.63) is 83.9 Å². The van der Waals surface area contributed by atoms with Crippen LogP contribution in [-0.2, 0) is 0 Å². The lowest BCUT2D eigenvalue weighted by Crippen LogP contribution is -2.03. The zero-order valence-electron chi connectivity index (χ0n) is 12.8. The highest BCUT2D eigenvalue weighted by molar-refractivity contribution is 6.09. The van der Waals surface area contributed by atoms with E-state index < -0.39 is 0 Å². The number of hydrogen-bond donors (Lipinski definition) is 1. The van der Waals surface area contributed by atoms with E-state index in [1.165, 1.54) is 0 Å². The van der Waals surface area contributed by atoms with E-state index in [1.807, 2.05) is 54.6 Å². The van der Waals surface area contributed by atoms with Gasteiger partial charge in [-0.3, -0.25) is 4.79 Å². The van der Waals surface area contributed by atoms with Crippen molar-refractivity contribution in [3.8, 4) is 16.9 Å². The lowest BCUT2D eigenvalue weighted by Gasteiger charge is -2.07. The molecule has 3 heteroatoms. The molecule has 0 spiro atoms. The van der Waals surface area contributed by atoms with Crippen LogP contribution in [0.3, 0.4) is 0 Å². The summed E-state index contributed by atoms with van der Waals surface area (Å²) in [6.07, 6.45) is 0. The Hall–Kier alpha value is -3.07. The number of anilines is 1. The molecule has 0 aliphatic rings. The minimum Gasteiger partial charge on any atom is -0.495 e. The van der Waals surface area contributed by atoms with Crippen LogP contribution in [0.4, 0.5) is 5.69 Å². The molecule has 3 rings (SSSR count). The topological polar surface area (TPSA) is 52.3 Å². The van der Waals surface area contributed by atoms with Crippen LogP contribution in [0.15, 0.2) is 72.8 Å². The van der Waals surface area contributed by atoms with E-state index in [2.05, 4.69) is 0 Å². The molecule has 3 aromatic rings. The minimum atomic E-state index is -0.0565. The lowest BCUT2D eigenvalue weighted by molar-refractivity contribution is 0.103. The largest absolute Gasteiger partial charge is 0.495 e. The van der Waals surface area contributed by atoms with Gasteiger partial charge in [0, 0.05) is 11.1 Å². The molecule has 2 N–H and O–H groups in total. The standard InChI is InChI=1S/C20H17NO2/c1-23-19-12-11-17(13-18(19)21)20(22)16-9-7-15(8-10-16)14-5-3-2-4-6-14/h2-13H,21H2,1H3. The summed E-state index contributed by atoms with van der Waals surface area (Å²) >= 11 is 0. The molecule has 0 aliphatic carbocycles. The first-order chi connectivity index (χ1) is 11.2. The van der Waals surface area contributed by atoms with Crippen LogP contribution in [0.5, 0.6) is 5.75 Å². The second kappa shape index (κ2) is 6.36. The van der Waals surface area contributed by atoms with Gasteiger partial charge in [-0.15, -0.1) is 0 Å². The third-order valence-electron chi connectivity index (χ3n) is 3.75. The van der Waals surface area contributed by atoms with Gasteiger partial charge in [0.05, 0.1) is 12.8 Å². The van der Waals surface area contributed by atoms with E-state index in [9.17, 15) is 4.79 Å². The van der Waals surface area contributed by atoms with Gasteiger partial charge >= 0.3 is 0 Å². The van der Waals surface area contributed by atoms with Gasteiger partial charge in [0.1, 0.15) is 5.75 Å². The second-order valence-corrected chi connectivity index (χ2v) is 5.23. The summed E-state index contributed by atoms with van der Waals surface area (Å²) in [7, 11) is 1.55. The maximum atomic E-state index is 12.5. The SMILES string of the molecule is COc1ccc(C(=O)c2ccc(-c3ccccc3)cc2)cc1N. The van der Waals surface area contributed by atoms with E-state index >= 15 is 0 Å². The number of ether oxygens (including phenoxy) is 1. The molecule has 0 amide bonds. The van der Waals surface area contributed by atoms with Crippen LogP contribution >= 0.6 is 0 Å². The van der Waals surface area contributed by atoms with Crippen LogP contribution in [0, 0.1) is 0 Å². The van der Waals surface area contributed by atoms with Crippen molar-refractivity contribution in [2.24, 2.45) is 0 Å². The number of rotatable bonds is 4. The van der Waals surface area contributed by atoms with Gasteiger partial charge in [0.2, 0.25) is 0 Å². The van der Waals surface area contributed by atoms with E-state index in [4.69, 9.17) is 10.5 Å². The number of hydrogen-bond acceptors (Lipinski definition) is 3. The minimum absolute atomic E-state index is 0.0565. The fourth-order valence-corrected chi connectivity index (χ4v) is 2.49. The van der Waals surface area contributed by atoms with Crippen molar-refractivity contribution >= 4 is 11.5 Å². The Morgan fingerprint density at radius 2 is 1.43 bits per heavy atom. The van der Waals surface area contributed by atoms with Gasteiger partial charge in [-0.25, -0.2) is 0 Å². The van der Waals surface area contributed by atoms with Gasteiger partial charge in [-0.2, -0.15) is 0 Å². The molecular formula is C20H17NO2. The van der Waals surface area contributed by atoms with Crippen molar-refractivity contribution in [1.29, 1.82) is 0 Å². The Balaban J connectivity index is 1.87. The maximum Gasteiger partial charge on any atom is 0.193 e. The molecule has 3 aromatic carbocycles. The predicted octanol–water partition coefficient (Wildman–Crippen LogP) is 4.18. The van der Waals surface area contributed by atoms with Crippen LogP contribution in [0.1, 0.15) is 15.9 Å². The summed E-state index contributed by atoms with van der Waals surface area (Å²) in [5.74, 6) is 0.514. The highest BCUT2D eigenvalue weighted by Crippen LogP contribution is 2.24. The summed E-state index contributed by atoms with van der Waals surface area (Å²) in [4.78, 5) is 12.5. The summed E-state index contributed by atoms with van der Waals surface area (Å²) in [6, 6.07) is 22.7. The molecule has 0 saturated carbocycles. The molecule has 0 aromatic heterocycles. The molecule has 0 saturated heterocycles. The van der Waals surface area contributed by atoms with Crippen molar-refractivity contribution in [3.63, 3.8) is 0 Å². The number of nitrogen functional groups attached to an aromatic ring is 1. The number of nitrogens with two attached hydrogens (primary N) is 1. The van der Waals surface area contributed by atoms with Gasteiger partial charge in [0.25, 0.3) is 0 Å². The van der Waals surface area contributed by atoms with Crippen molar-refractivity contribution in [2.45, 2.75) is 0 Å². The van der Waals surface area contributed by atoms with Crippen molar-refractivity contribution in [2.75, 3.05) is 12.8 Å². The first kappa shape index (κ1) is 14.9. The zero-order chi connectivity index (χ0) is 16.2. The van der Waals surface area contributed by atoms with E-state index in [-0.39, 0.29) is 5.78 Å². The van der Waals surface area contributed by atoms with Gasteiger partial charge < -0.3 is 10.5 Å². The maximum absolute atomic E-state index is 12.5. The fraction of sp³-hybridized carbons (Fsp3) is 0.0500. The molecule has 114 valence electrons. The van der Waals surface area contributed by atoms with Crippen molar-refractivity contribution in [1.82, 2.24) is 0 Å². The van der Waals surface area contributed by atoms with Gasteiger partial charge in [-0.05, 0) is 29.3 Å². The lowest BCUT2D eigenvalue weighted by atomic mass is 9.99. The molecule has 3 nitrogen and oxygen atoms in total. The van der Waals surface area contributed by atoms with E-state index in [0.717, 1.165) is 11.1 Å². The van der Waals surface area contributed by atoms with Crippen LogP contribution in [-0.4, -0.2) is 12.9 Å². The smallest absolute Gasteiger partial charge is 0.193 e. The first-order valence-electron chi connectivity index (χ1n) is 7.33. The second-order valence-electron chi connectivity index (χ2n) is 5.23. The Kier molecular flexibility index (Phi) is 4.11. The molecule has 0 unspecified atom stereocenters. The van der Waals surface area contributed by atoms with Crippen LogP contribution in [0.2, 0.25) is 0 Å². The summed E-state index contributed by atoms with van der Waals surface area (Å²) in [6.45, 7) is 0.